The fourth-order valence-electron chi connectivity index (χ4n) is 2.98. The molecule has 2 aromatic rings. The van der Waals surface area contributed by atoms with Crippen molar-refractivity contribution in [2.24, 2.45) is 0 Å². The number of hydrogen-bond acceptors (Lipinski definition) is 4. The third-order valence-electron chi connectivity index (χ3n) is 4.35. The van der Waals surface area contributed by atoms with Crippen LogP contribution in [-0.2, 0) is 16.6 Å². The van der Waals surface area contributed by atoms with E-state index in [2.05, 4.69) is 20.8 Å². The van der Waals surface area contributed by atoms with Crippen molar-refractivity contribution in [1.29, 1.82) is 0 Å². The summed E-state index contributed by atoms with van der Waals surface area (Å²) in [5.41, 5.74) is 1.09. The molecule has 134 valence electrons. The Balaban J connectivity index is 1.66. The van der Waals surface area contributed by atoms with Gasteiger partial charge in [0.25, 0.3) is 0 Å². The molecule has 1 aliphatic heterocycles. The van der Waals surface area contributed by atoms with Gasteiger partial charge in [-0.3, -0.25) is 4.90 Å². The average molecular weight is 425 g/mol. The van der Waals surface area contributed by atoms with Gasteiger partial charge in [-0.15, -0.1) is 0 Å². The molecule has 1 aliphatic rings. The SMILES string of the molecule is COc1ccc(Br)cc1CN1CCN(S(=O)(=O)c2ccccc2)CC1. The highest BCUT2D eigenvalue weighted by molar-refractivity contribution is 9.10. The van der Waals surface area contributed by atoms with Crippen LogP contribution in [0.3, 0.4) is 0 Å². The van der Waals surface area contributed by atoms with Gasteiger partial charge in [0.2, 0.25) is 10.0 Å². The van der Waals surface area contributed by atoms with Crippen molar-refractivity contribution < 1.29 is 13.2 Å². The number of piperazine rings is 1. The number of hydrogen-bond donors (Lipinski definition) is 0. The summed E-state index contributed by atoms with van der Waals surface area (Å²) >= 11 is 3.49. The number of benzene rings is 2. The van der Waals surface area contributed by atoms with Gasteiger partial charge >= 0.3 is 0 Å². The Morgan fingerprint density at radius 1 is 1.04 bits per heavy atom. The summed E-state index contributed by atoms with van der Waals surface area (Å²) < 4.78 is 33.4. The van der Waals surface area contributed by atoms with Crippen molar-refractivity contribution in [3.63, 3.8) is 0 Å². The van der Waals surface area contributed by atoms with E-state index in [1.165, 1.54) is 0 Å². The van der Waals surface area contributed by atoms with Crippen LogP contribution in [0.4, 0.5) is 0 Å². The van der Waals surface area contributed by atoms with Gasteiger partial charge in [-0.25, -0.2) is 8.42 Å². The highest BCUT2D eigenvalue weighted by atomic mass is 79.9. The van der Waals surface area contributed by atoms with Crippen molar-refractivity contribution in [1.82, 2.24) is 9.21 Å². The zero-order valence-corrected chi connectivity index (χ0v) is 16.5. The number of ether oxygens (including phenoxy) is 1. The van der Waals surface area contributed by atoms with Crippen LogP contribution >= 0.6 is 15.9 Å². The lowest BCUT2D eigenvalue weighted by atomic mass is 10.2. The Hall–Kier alpha value is -1.41. The molecular formula is C18H21BrN2O3S. The molecule has 1 fully saturated rings. The average Bonchev–Trinajstić information content (AvgIpc) is 2.63. The number of nitrogens with zero attached hydrogens (tertiary/aromatic N) is 2. The third-order valence-corrected chi connectivity index (χ3v) is 6.75. The molecule has 1 saturated heterocycles. The van der Waals surface area contributed by atoms with Crippen LogP contribution in [0.2, 0.25) is 0 Å². The third kappa shape index (κ3) is 4.23. The van der Waals surface area contributed by atoms with Gasteiger partial charge in [0.15, 0.2) is 0 Å². The molecule has 3 rings (SSSR count). The molecule has 0 radical (unpaired) electrons. The van der Waals surface area contributed by atoms with E-state index in [0.29, 0.717) is 31.1 Å². The Labute approximate surface area is 157 Å². The lowest BCUT2D eigenvalue weighted by molar-refractivity contribution is 0.180. The summed E-state index contributed by atoms with van der Waals surface area (Å²) in [7, 11) is -1.74. The Morgan fingerprint density at radius 2 is 1.72 bits per heavy atom. The highest BCUT2D eigenvalue weighted by Gasteiger charge is 2.28. The standard InChI is InChI=1S/C18H21BrN2O3S/c1-24-18-8-7-16(19)13-15(18)14-20-9-11-21(12-10-20)25(22,23)17-5-3-2-4-6-17/h2-8,13H,9-12,14H2,1H3. The molecule has 1 heterocycles. The fourth-order valence-corrected chi connectivity index (χ4v) is 4.83. The molecule has 0 amide bonds. The molecule has 0 spiro atoms. The van der Waals surface area contributed by atoms with Crippen LogP contribution in [0.15, 0.2) is 57.9 Å². The van der Waals surface area contributed by atoms with Crippen LogP contribution in [0, 0.1) is 0 Å². The fraction of sp³-hybridized carbons (Fsp3) is 0.333. The number of halogens is 1. The smallest absolute Gasteiger partial charge is 0.243 e. The van der Waals surface area contributed by atoms with Crippen molar-refractivity contribution >= 4 is 26.0 Å². The minimum absolute atomic E-state index is 0.358. The first-order valence-electron chi connectivity index (χ1n) is 8.10. The summed E-state index contributed by atoms with van der Waals surface area (Å²) in [5.74, 6) is 0.850. The second-order valence-electron chi connectivity index (χ2n) is 5.95. The molecular weight excluding hydrogens is 404 g/mol. The molecule has 0 N–H and O–H groups in total. The van der Waals surface area contributed by atoms with E-state index in [-0.39, 0.29) is 0 Å². The van der Waals surface area contributed by atoms with E-state index in [9.17, 15) is 8.42 Å². The quantitative estimate of drug-likeness (QED) is 0.739. The minimum atomic E-state index is -3.40. The van der Waals surface area contributed by atoms with Gasteiger partial charge < -0.3 is 4.74 Å². The van der Waals surface area contributed by atoms with Crippen LogP contribution in [-0.4, -0.2) is 50.9 Å². The summed E-state index contributed by atoms with van der Waals surface area (Å²) in [4.78, 5) is 2.61. The number of rotatable bonds is 5. The highest BCUT2D eigenvalue weighted by Crippen LogP contribution is 2.25. The van der Waals surface area contributed by atoms with Gasteiger partial charge in [0.1, 0.15) is 5.75 Å². The molecule has 0 atom stereocenters. The Kier molecular flexibility index (Phi) is 5.78. The molecule has 0 aliphatic carbocycles. The zero-order chi connectivity index (χ0) is 17.9. The number of sulfonamides is 1. The van der Waals surface area contributed by atoms with E-state index in [0.717, 1.165) is 22.3 Å². The van der Waals surface area contributed by atoms with Crippen molar-refractivity contribution in [2.45, 2.75) is 11.4 Å². The first kappa shape index (κ1) is 18.4. The van der Waals surface area contributed by atoms with Crippen molar-refractivity contribution in [3.8, 4) is 5.75 Å². The predicted molar refractivity (Wildman–Crippen MR) is 101 cm³/mol. The van der Waals surface area contributed by atoms with E-state index >= 15 is 0 Å². The van der Waals surface area contributed by atoms with Crippen molar-refractivity contribution in [3.05, 3.63) is 58.6 Å². The first-order valence-corrected chi connectivity index (χ1v) is 10.3. The van der Waals surface area contributed by atoms with Gasteiger partial charge in [-0.2, -0.15) is 4.31 Å². The van der Waals surface area contributed by atoms with Gasteiger partial charge in [-0.1, -0.05) is 34.1 Å². The summed E-state index contributed by atoms with van der Waals surface area (Å²) in [6.07, 6.45) is 0. The molecule has 0 aromatic heterocycles. The van der Waals surface area contributed by atoms with E-state index < -0.39 is 10.0 Å². The molecule has 0 unspecified atom stereocenters. The Morgan fingerprint density at radius 3 is 2.36 bits per heavy atom. The molecule has 7 heteroatoms. The van der Waals surface area contributed by atoms with Crippen LogP contribution in [0.1, 0.15) is 5.56 Å². The maximum absolute atomic E-state index is 12.7. The predicted octanol–water partition coefficient (Wildman–Crippen LogP) is 2.96. The summed E-state index contributed by atoms with van der Waals surface area (Å²) in [6.45, 7) is 3.12. The second kappa shape index (κ2) is 7.86. The lowest BCUT2D eigenvalue weighted by Gasteiger charge is -2.34. The molecule has 0 bridgehead atoms. The van der Waals surface area contributed by atoms with E-state index in [4.69, 9.17) is 4.74 Å². The summed E-state index contributed by atoms with van der Waals surface area (Å²) in [6, 6.07) is 14.6. The van der Waals surface area contributed by atoms with Crippen LogP contribution in [0.5, 0.6) is 5.75 Å². The molecule has 5 nitrogen and oxygen atoms in total. The lowest BCUT2D eigenvalue weighted by Crippen LogP contribution is -2.48. The maximum Gasteiger partial charge on any atom is 0.243 e. The zero-order valence-electron chi connectivity index (χ0n) is 14.1. The topological polar surface area (TPSA) is 49.9 Å². The van der Waals surface area contributed by atoms with Crippen LogP contribution in [0.25, 0.3) is 0 Å². The second-order valence-corrected chi connectivity index (χ2v) is 8.80. The minimum Gasteiger partial charge on any atom is -0.496 e. The largest absolute Gasteiger partial charge is 0.496 e. The van der Waals surface area contributed by atoms with E-state index in [1.54, 1.807) is 35.7 Å². The first-order chi connectivity index (χ1) is 12.0. The summed E-state index contributed by atoms with van der Waals surface area (Å²) in [5, 5.41) is 0. The van der Waals surface area contributed by atoms with Gasteiger partial charge in [0.05, 0.1) is 12.0 Å². The van der Waals surface area contributed by atoms with Gasteiger partial charge in [-0.05, 0) is 30.3 Å². The van der Waals surface area contributed by atoms with Crippen molar-refractivity contribution in [2.75, 3.05) is 33.3 Å². The maximum atomic E-state index is 12.7. The molecule has 25 heavy (non-hydrogen) atoms. The normalized spacial score (nSPS) is 16.7. The van der Waals surface area contributed by atoms with Gasteiger partial charge in [0, 0.05) is 42.8 Å². The molecule has 2 aromatic carbocycles. The Bertz CT molecular complexity index is 819. The number of methoxy groups -OCH3 is 1. The molecule has 0 saturated carbocycles. The van der Waals surface area contributed by atoms with Crippen LogP contribution < -0.4 is 4.74 Å². The van der Waals surface area contributed by atoms with E-state index in [1.807, 2.05) is 24.3 Å². The monoisotopic (exact) mass is 424 g/mol.